The molecule has 0 bridgehead atoms. The normalized spacial score (nSPS) is 13.7. The molecule has 0 atom stereocenters. The van der Waals surface area contributed by atoms with E-state index in [4.69, 9.17) is 13.9 Å². The molecule has 0 unspecified atom stereocenters. The van der Waals surface area contributed by atoms with Crippen LogP contribution in [0, 0.1) is 0 Å². The van der Waals surface area contributed by atoms with Gasteiger partial charge in [-0.05, 0) is 48.9 Å². The van der Waals surface area contributed by atoms with Gasteiger partial charge in [-0.2, -0.15) is 0 Å². The van der Waals surface area contributed by atoms with Gasteiger partial charge in [0.25, 0.3) is 11.8 Å². The van der Waals surface area contributed by atoms with E-state index in [9.17, 15) is 9.59 Å². The van der Waals surface area contributed by atoms with Crippen LogP contribution in [0.15, 0.2) is 77.0 Å². The van der Waals surface area contributed by atoms with E-state index in [1.54, 1.807) is 37.4 Å². The van der Waals surface area contributed by atoms with E-state index in [0.717, 1.165) is 5.69 Å². The summed E-state index contributed by atoms with van der Waals surface area (Å²) in [6.45, 7) is 2.50. The van der Waals surface area contributed by atoms with Crippen molar-refractivity contribution in [3.63, 3.8) is 0 Å². The molecule has 1 aromatic heterocycles. The van der Waals surface area contributed by atoms with Crippen LogP contribution in [0.25, 0.3) is 5.57 Å². The zero-order chi connectivity index (χ0) is 22.7. The number of methoxy groups -OCH3 is 2. The second kappa shape index (κ2) is 9.01. The first-order valence-electron chi connectivity index (χ1n) is 10.3. The maximum absolute atomic E-state index is 13.6. The first-order chi connectivity index (χ1) is 15.6. The number of rotatable bonds is 8. The number of benzene rings is 2. The molecule has 2 amide bonds. The predicted octanol–water partition coefficient (Wildman–Crippen LogP) is 4.10. The van der Waals surface area contributed by atoms with Gasteiger partial charge in [-0.15, -0.1) is 0 Å². The number of carbonyl (C=O) groups is 2. The van der Waals surface area contributed by atoms with Crippen LogP contribution in [-0.2, 0) is 16.1 Å². The summed E-state index contributed by atoms with van der Waals surface area (Å²) in [5.41, 5.74) is 2.03. The van der Waals surface area contributed by atoms with Gasteiger partial charge in [0, 0.05) is 12.2 Å². The monoisotopic (exact) mass is 432 g/mol. The number of anilines is 1. The molecule has 1 aliphatic rings. The van der Waals surface area contributed by atoms with E-state index in [1.165, 1.54) is 18.3 Å². The topological polar surface area (TPSA) is 72.2 Å². The summed E-state index contributed by atoms with van der Waals surface area (Å²) < 4.78 is 16.2. The van der Waals surface area contributed by atoms with Gasteiger partial charge >= 0.3 is 0 Å². The maximum Gasteiger partial charge on any atom is 0.278 e. The molecular weight excluding hydrogens is 408 g/mol. The van der Waals surface area contributed by atoms with Crippen LogP contribution in [0.4, 0.5) is 5.69 Å². The summed E-state index contributed by atoms with van der Waals surface area (Å²) in [6.07, 6.45) is 1.52. The number of para-hydroxylation sites is 1. The molecule has 3 aromatic rings. The van der Waals surface area contributed by atoms with Crippen molar-refractivity contribution in [2.75, 3.05) is 25.7 Å². The highest BCUT2D eigenvalue weighted by atomic mass is 16.5. The number of carbonyl (C=O) groups excluding carboxylic acids is 2. The fourth-order valence-electron chi connectivity index (χ4n) is 3.85. The molecule has 0 aliphatic carbocycles. The number of amides is 2. The minimum Gasteiger partial charge on any atom is -0.493 e. The Balaban J connectivity index is 1.87. The minimum atomic E-state index is -0.386. The largest absolute Gasteiger partial charge is 0.493 e. The molecule has 0 N–H and O–H groups in total. The van der Waals surface area contributed by atoms with Crippen LogP contribution in [0.1, 0.15) is 18.2 Å². The summed E-state index contributed by atoms with van der Waals surface area (Å²) in [5.74, 6) is 0.787. The molecule has 4 rings (SSSR count). The smallest absolute Gasteiger partial charge is 0.278 e. The van der Waals surface area contributed by atoms with Crippen LogP contribution in [0.5, 0.6) is 11.5 Å². The van der Waals surface area contributed by atoms with Gasteiger partial charge in [0.15, 0.2) is 11.5 Å². The number of nitrogens with zero attached hydrogens (tertiary/aromatic N) is 2. The van der Waals surface area contributed by atoms with Crippen molar-refractivity contribution >= 4 is 23.1 Å². The molecule has 32 heavy (non-hydrogen) atoms. The molecular formula is C25H24N2O5. The van der Waals surface area contributed by atoms with Crippen molar-refractivity contribution in [1.82, 2.24) is 4.90 Å². The second-order valence-corrected chi connectivity index (χ2v) is 7.15. The van der Waals surface area contributed by atoms with Crippen molar-refractivity contribution in [2.45, 2.75) is 13.5 Å². The third kappa shape index (κ3) is 3.73. The summed E-state index contributed by atoms with van der Waals surface area (Å²) in [6, 6.07) is 18.2. The Bertz CT molecular complexity index is 1150. The van der Waals surface area contributed by atoms with Gasteiger partial charge in [0.05, 0.1) is 32.6 Å². The highest BCUT2D eigenvalue weighted by Gasteiger charge is 2.42. The highest BCUT2D eigenvalue weighted by Crippen LogP contribution is 2.38. The Kier molecular flexibility index (Phi) is 5.98. The average Bonchev–Trinajstić information content (AvgIpc) is 3.43. The molecule has 0 radical (unpaired) electrons. The van der Waals surface area contributed by atoms with E-state index in [2.05, 4.69) is 0 Å². The molecule has 2 aromatic carbocycles. The lowest BCUT2D eigenvalue weighted by Gasteiger charge is -2.24. The van der Waals surface area contributed by atoms with Crippen molar-refractivity contribution in [2.24, 2.45) is 0 Å². The van der Waals surface area contributed by atoms with Gasteiger partial charge in [0.2, 0.25) is 0 Å². The third-order valence-electron chi connectivity index (χ3n) is 5.36. The first kappa shape index (κ1) is 21.2. The number of hydrogen-bond acceptors (Lipinski definition) is 6. The lowest BCUT2D eigenvalue weighted by atomic mass is 10.0. The fourth-order valence-corrected chi connectivity index (χ4v) is 3.85. The number of likely N-dealkylation sites (N-methyl/N-ethyl adjacent to an activating group) is 1. The summed E-state index contributed by atoms with van der Waals surface area (Å²) in [7, 11) is 3.08. The zero-order valence-electron chi connectivity index (χ0n) is 18.2. The first-order valence-corrected chi connectivity index (χ1v) is 10.3. The molecule has 7 nitrogen and oxygen atoms in total. The summed E-state index contributed by atoms with van der Waals surface area (Å²) in [5, 5.41) is 0. The van der Waals surface area contributed by atoms with Crippen LogP contribution in [0.2, 0.25) is 0 Å². The van der Waals surface area contributed by atoms with E-state index in [1.807, 2.05) is 42.2 Å². The molecule has 0 saturated heterocycles. The Morgan fingerprint density at radius 2 is 1.66 bits per heavy atom. The van der Waals surface area contributed by atoms with E-state index >= 15 is 0 Å². The molecule has 1 aliphatic heterocycles. The highest BCUT2D eigenvalue weighted by molar-refractivity contribution is 6.36. The lowest BCUT2D eigenvalue weighted by molar-refractivity contribution is -0.137. The van der Waals surface area contributed by atoms with Gasteiger partial charge in [-0.3, -0.25) is 14.5 Å². The van der Waals surface area contributed by atoms with Gasteiger partial charge in [-0.25, -0.2) is 0 Å². The third-order valence-corrected chi connectivity index (χ3v) is 5.36. The van der Waals surface area contributed by atoms with E-state index in [-0.39, 0.29) is 18.4 Å². The van der Waals surface area contributed by atoms with Crippen molar-refractivity contribution in [1.29, 1.82) is 0 Å². The number of hydrogen-bond donors (Lipinski definition) is 0. The number of imide groups is 1. The summed E-state index contributed by atoms with van der Waals surface area (Å²) in [4.78, 5) is 30.2. The lowest BCUT2D eigenvalue weighted by Crippen LogP contribution is -2.34. The van der Waals surface area contributed by atoms with Gasteiger partial charge < -0.3 is 18.8 Å². The minimum absolute atomic E-state index is 0.0529. The summed E-state index contributed by atoms with van der Waals surface area (Å²) >= 11 is 0. The van der Waals surface area contributed by atoms with Crippen LogP contribution in [0.3, 0.4) is 0 Å². The fraction of sp³-hybridized carbons (Fsp3) is 0.200. The molecule has 0 fully saturated rings. The maximum atomic E-state index is 13.6. The Labute approximate surface area is 186 Å². The van der Waals surface area contributed by atoms with Crippen LogP contribution >= 0.6 is 0 Å². The van der Waals surface area contributed by atoms with Crippen molar-refractivity contribution < 1.29 is 23.5 Å². The SMILES string of the molecule is CCN(C1=C(c2ccc(OC)c(OC)c2)C(=O)N(Cc2ccco2)C1=O)c1ccccc1. The quantitative estimate of drug-likeness (QED) is 0.499. The molecule has 164 valence electrons. The molecule has 0 saturated carbocycles. The number of ether oxygens (including phenoxy) is 2. The Morgan fingerprint density at radius 1 is 0.906 bits per heavy atom. The average molecular weight is 432 g/mol. The Morgan fingerprint density at radius 3 is 2.28 bits per heavy atom. The predicted molar refractivity (Wildman–Crippen MR) is 120 cm³/mol. The van der Waals surface area contributed by atoms with Crippen LogP contribution < -0.4 is 14.4 Å². The van der Waals surface area contributed by atoms with Crippen LogP contribution in [-0.4, -0.2) is 37.5 Å². The van der Waals surface area contributed by atoms with Gasteiger partial charge in [0.1, 0.15) is 11.5 Å². The molecule has 7 heteroatoms. The zero-order valence-corrected chi connectivity index (χ0v) is 18.2. The molecule has 0 spiro atoms. The van der Waals surface area contributed by atoms with E-state index < -0.39 is 0 Å². The van der Waals surface area contributed by atoms with Gasteiger partial charge in [-0.1, -0.05) is 24.3 Å². The Hall–Kier alpha value is -4.00. The van der Waals surface area contributed by atoms with Crippen molar-refractivity contribution in [3.8, 4) is 11.5 Å². The second-order valence-electron chi connectivity index (χ2n) is 7.15. The molecule has 2 heterocycles. The van der Waals surface area contributed by atoms with Crippen molar-refractivity contribution in [3.05, 3.63) is 83.9 Å². The van der Waals surface area contributed by atoms with E-state index in [0.29, 0.717) is 40.6 Å². The standard InChI is InChI=1S/C25H24N2O5/c1-4-26(18-9-6-5-7-10-18)23-22(17-12-13-20(30-2)21(15-17)31-3)24(28)27(25(23)29)16-19-11-8-14-32-19/h5-15H,4,16H2,1-3H3. The number of furan rings is 1.